The second kappa shape index (κ2) is 6.89. The fraction of sp³-hybridized carbons (Fsp3) is 0.667. The lowest BCUT2D eigenvalue weighted by Crippen LogP contribution is -2.21. The van der Waals surface area contributed by atoms with E-state index in [1.165, 1.54) is 0 Å². The summed E-state index contributed by atoms with van der Waals surface area (Å²) in [6.45, 7) is 5.75. The van der Waals surface area contributed by atoms with Gasteiger partial charge in [-0.2, -0.15) is 5.26 Å². The highest BCUT2D eigenvalue weighted by Crippen LogP contribution is 1.96. The minimum atomic E-state index is -1.12. The van der Waals surface area contributed by atoms with Crippen molar-refractivity contribution in [3.05, 3.63) is 0 Å². The van der Waals surface area contributed by atoms with Gasteiger partial charge in [-0.25, -0.2) is 9.79 Å². The molecule has 0 aliphatic heterocycles. The first kappa shape index (κ1) is 12.4. The Hall–Kier alpha value is -1.57. The van der Waals surface area contributed by atoms with Crippen molar-refractivity contribution in [2.24, 2.45) is 4.99 Å². The van der Waals surface area contributed by atoms with Crippen LogP contribution in [0.15, 0.2) is 4.99 Å². The molecule has 0 radical (unpaired) electrons. The predicted molar refractivity (Wildman–Crippen MR) is 50.8 cm³/mol. The van der Waals surface area contributed by atoms with Crippen molar-refractivity contribution >= 4 is 11.9 Å². The third-order valence-electron chi connectivity index (χ3n) is 1.30. The standard InChI is InChI=1S/C9H14N2O3/c1-4-13-7(3)11-8(6-10)9(12)14-5-2/h8H,4-5H2,1-3H3/t8-/m1/s1. The molecule has 0 saturated heterocycles. The highest BCUT2D eigenvalue weighted by atomic mass is 16.5. The Labute approximate surface area is 83.3 Å². The van der Waals surface area contributed by atoms with Crippen molar-refractivity contribution in [2.75, 3.05) is 13.2 Å². The molecule has 0 spiro atoms. The maximum Gasteiger partial charge on any atom is 0.345 e. The van der Waals surface area contributed by atoms with Gasteiger partial charge in [0.25, 0.3) is 0 Å². The Morgan fingerprint density at radius 2 is 2.00 bits per heavy atom. The van der Waals surface area contributed by atoms with Crippen LogP contribution in [0, 0.1) is 11.3 Å². The molecule has 0 amide bonds. The van der Waals surface area contributed by atoms with Crippen molar-refractivity contribution in [2.45, 2.75) is 26.8 Å². The summed E-state index contributed by atoms with van der Waals surface area (Å²) in [6.07, 6.45) is 0. The fourth-order valence-electron chi connectivity index (χ4n) is 0.783. The molecule has 14 heavy (non-hydrogen) atoms. The molecule has 0 heterocycles. The lowest BCUT2D eigenvalue weighted by molar-refractivity contribution is -0.143. The molecule has 0 aromatic heterocycles. The zero-order valence-corrected chi connectivity index (χ0v) is 8.61. The van der Waals surface area contributed by atoms with E-state index in [1.54, 1.807) is 26.8 Å². The van der Waals surface area contributed by atoms with Gasteiger partial charge in [-0.05, 0) is 13.8 Å². The molecule has 1 atom stereocenters. The van der Waals surface area contributed by atoms with Crippen LogP contribution < -0.4 is 0 Å². The van der Waals surface area contributed by atoms with Crippen LogP contribution in [0.5, 0.6) is 0 Å². The van der Waals surface area contributed by atoms with Crippen LogP contribution >= 0.6 is 0 Å². The summed E-state index contributed by atoms with van der Waals surface area (Å²) in [5.41, 5.74) is 0. The zero-order valence-electron chi connectivity index (χ0n) is 8.61. The van der Waals surface area contributed by atoms with Gasteiger partial charge in [0.05, 0.1) is 13.2 Å². The molecule has 5 nitrogen and oxygen atoms in total. The van der Waals surface area contributed by atoms with Crippen LogP contribution in [0.4, 0.5) is 0 Å². The Balaban J connectivity index is 4.36. The first-order valence-corrected chi connectivity index (χ1v) is 4.39. The zero-order chi connectivity index (χ0) is 11.0. The van der Waals surface area contributed by atoms with Gasteiger partial charge in [0.15, 0.2) is 5.90 Å². The molecule has 0 aromatic carbocycles. The lowest BCUT2D eigenvalue weighted by atomic mass is 10.3. The van der Waals surface area contributed by atoms with E-state index < -0.39 is 12.0 Å². The minimum absolute atomic E-state index is 0.236. The van der Waals surface area contributed by atoms with Crippen LogP contribution in [0.2, 0.25) is 0 Å². The summed E-state index contributed by atoms with van der Waals surface area (Å²) in [5.74, 6) is -0.332. The number of esters is 1. The topological polar surface area (TPSA) is 71.7 Å². The van der Waals surface area contributed by atoms with E-state index in [9.17, 15) is 4.79 Å². The third kappa shape index (κ3) is 4.45. The molecule has 0 fully saturated rings. The quantitative estimate of drug-likeness (QED) is 0.382. The van der Waals surface area contributed by atoms with Crippen molar-refractivity contribution in [1.82, 2.24) is 0 Å². The molecule has 0 rings (SSSR count). The van der Waals surface area contributed by atoms with Crippen molar-refractivity contribution in [3.63, 3.8) is 0 Å². The Morgan fingerprint density at radius 1 is 1.43 bits per heavy atom. The maximum absolute atomic E-state index is 11.1. The van der Waals surface area contributed by atoms with E-state index in [0.717, 1.165) is 0 Å². The molecule has 0 N–H and O–H groups in total. The summed E-state index contributed by atoms with van der Waals surface area (Å²) >= 11 is 0. The van der Waals surface area contributed by atoms with E-state index in [0.29, 0.717) is 12.5 Å². The second-order valence-electron chi connectivity index (χ2n) is 2.36. The van der Waals surface area contributed by atoms with Gasteiger partial charge in [0, 0.05) is 6.92 Å². The van der Waals surface area contributed by atoms with Crippen molar-refractivity contribution < 1.29 is 14.3 Å². The summed E-state index contributed by atoms with van der Waals surface area (Å²) in [7, 11) is 0. The highest BCUT2D eigenvalue weighted by molar-refractivity contribution is 5.83. The van der Waals surface area contributed by atoms with Gasteiger partial charge < -0.3 is 9.47 Å². The number of hydrogen-bond acceptors (Lipinski definition) is 5. The number of carbonyl (C=O) groups excluding carboxylic acids is 1. The maximum atomic E-state index is 11.1. The van der Waals surface area contributed by atoms with E-state index in [2.05, 4.69) is 9.73 Å². The summed E-state index contributed by atoms with van der Waals surface area (Å²) in [6, 6.07) is 0.610. The number of carbonyl (C=O) groups is 1. The highest BCUT2D eigenvalue weighted by Gasteiger charge is 2.18. The molecule has 0 bridgehead atoms. The van der Waals surface area contributed by atoms with Crippen LogP contribution in [-0.4, -0.2) is 31.1 Å². The van der Waals surface area contributed by atoms with Crippen molar-refractivity contribution in [1.29, 1.82) is 5.26 Å². The fourth-order valence-corrected chi connectivity index (χ4v) is 0.783. The van der Waals surface area contributed by atoms with E-state index in [-0.39, 0.29) is 6.61 Å². The molecule has 5 heteroatoms. The molecule has 0 aliphatic carbocycles. The number of rotatable bonds is 4. The Kier molecular flexibility index (Phi) is 6.12. The van der Waals surface area contributed by atoms with Crippen molar-refractivity contribution in [3.8, 4) is 6.07 Å². The normalized spacial score (nSPS) is 12.9. The average Bonchev–Trinajstić information content (AvgIpc) is 2.15. The van der Waals surface area contributed by atoms with Gasteiger partial charge in [-0.3, -0.25) is 0 Å². The Bertz CT molecular complexity index is 255. The van der Waals surface area contributed by atoms with Gasteiger partial charge in [0.2, 0.25) is 6.04 Å². The smallest absolute Gasteiger partial charge is 0.345 e. The van der Waals surface area contributed by atoms with Gasteiger partial charge >= 0.3 is 5.97 Å². The molecule has 0 aliphatic rings. The van der Waals surface area contributed by atoms with E-state index in [4.69, 9.17) is 10.00 Å². The number of hydrogen-bond donors (Lipinski definition) is 0. The van der Waals surface area contributed by atoms with Crippen LogP contribution in [-0.2, 0) is 14.3 Å². The first-order valence-electron chi connectivity index (χ1n) is 4.39. The second-order valence-corrected chi connectivity index (χ2v) is 2.36. The molecule has 78 valence electrons. The van der Waals surface area contributed by atoms with Gasteiger partial charge in [-0.1, -0.05) is 0 Å². The summed E-state index contributed by atoms with van der Waals surface area (Å²) in [5, 5.41) is 8.63. The van der Waals surface area contributed by atoms with Gasteiger partial charge in [-0.15, -0.1) is 0 Å². The minimum Gasteiger partial charge on any atom is -0.481 e. The van der Waals surface area contributed by atoms with Crippen LogP contribution in [0.3, 0.4) is 0 Å². The third-order valence-corrected chi connectivity index (χ3v) is 1.30. The van der Waals surface area contributed by atoms with E-state index in [1.807, 2.05) is 0 Å². The molecular weight excluding hydrogens is 184 g/mol. The van der Waals surface area contributed by atoms with Gasteiger partial charge in [0.1, 0.15) is 6.07 Å². The molecule has 0 unspecified atom stereocenters. The molecule has 0 saturated carbocycles. The predicted octanol–water partition coefficient (Wildman–Crippen LogP) is 0.897. The lowest BCUT2D eigenvalue weighted by Gasteiger charge is -2.05. The van der Waals surface area contributed by atoms with Crippen LogP contribution in [0.25, 0.3) is 0 Å². The summed E-state index contributed by atoms with van der Waals surface area (Å²) < 4.78 is 9.64. The largest absolute Gasteiger partial charge is 0.481 e. The van der Waals surface area contributed by atoms with Crippen LogP contribution in [0.1, 0.15) is 20.8 Å². The van der Waals surface area contributed by atoms with E-state index >= 15 is 0 Å². The molecular formula is C9H14N2O3. The number of aliphatic imine (C=N–C) groups is 1. The number of nitrogens with zero attached hydrogens (tertiary/aromatic N) is 2. The monoisotopic (exact) mass is 198 g/mol. The first-order chi connectivity index (χ1) is 6.65. The summed E-state index contributed by atoms with van der Waals surface area (Å²) in [4.78, 5) is 14.9. The SMILES string of the molecule is CCOC(=O)[C@@H](C#N)N=C(C)OCC. The molecule has 0 aromatic rings. The number of ether oxygens (including phenoxy) is 2. The average molecular weight is 198 g/mol. The Morgan fingerprint density at radius 3 is 2.43 bits per heavy atom. The number of nitriles is 1.